The van der Waals surface area contributed by atoms with Gasteiger partial charge in [0.25, 0.3) is 0 Å². The molecular formula is C14H17F3N4. The molecule has 1 heterocycles. The van der Waals surface area contributed by atoms with Gasteiger partial charge in [0.05, 0.1) is 12.1 Å². The van der Waals surface area contributed by atoms with Gasteiger partial charge in [0.1, 0.15) is 5.82 Å². The van der Waals surface area contributed by atoms with Gasteiger partial charge in [-0.2, -0.15) is 13.2 Å². The van der Waals surface area contributed by atoms with Gasteiger partial charge in [0, 0.05) is 38.7 Å². The van der Waals surface area contributed by atoms with Crippen LogP contribution in [0.3, 0.4) is 0 Å². The van der Waals surface area contributed by atoms with E-state index in [9.17, 15) is 13.2 Å². The summed E-state index contributed by atoms with van der Waals surface area (Å²) >= 11 is 0. The molecular weight excluding hydrogens is 281 g/mol. The number of nitrogens with two attached hydrogens (primary N) is 1. The second-order valence-electron chi connectivity index (χ2n) is 4.86. The third-order valence-corrected chi connectivity index (χ3v) is 3.34. The first kappa shape index (κ1) is 15.4. The predicted octanol–water partition coefficient (Wildman–Crippen LogP) is 2.53. The van der Waals surface area contributed by atoms with E-state index < -0.39 is 11.7 Å². The number of aromatic nitrogens is 2. The number of anilines is 1. The fraction of sp³-hybridized carbons (Fsp3) is 0.357. The Morgan fingerprint density at radius 1 is 1.33 bits per heavy atom. The summed E-state index contributed by atoms with van der Waals surface area (Å²) in [6, 6.07) is 3.63. The van der Waals surface area contributed by atoms with Gasteiger partial charge in [-0.25, -0.2) is 4.98 Å². The third kappa shape index (κ3) is 3.36. The van der Waals surface area contributed by atoms with Crippen LogP contribution < -0.4 is 10.6 Å². The maximum Gasteiger partial charge on any atom is 0.416 e. The molecule has 2 rings (SSSR count). The number of benzene rings is 1. The number of hydrogen-bond acceptors (Lipinski definition) is 3. The molecule has 0 aliphatic heterocycles. The molecule has 4 nitrogen and oxygen atoms in total. The molecule has 0 radical (unpaired) electrons. The van der Waals surface area contributed by atoms with Gasteiger partial charge >= 0.3 is 6.18 Å². The summed E-state index contributed by atoms with van der Waals surface area (Å²) in [6.45, 7) is 0.534. The lowest BCUT2D eigenvalue weighted by Crippen LogP contribution is -2.21. The number of hydrogen-bond donors (Lipinski definition) is 1. The molecule has 2 aromatic rings. The van der Waals surface area contributed by atoms with Crippen molar-refractivity contribution in [1.82, 2.24) is 9.55 Å². The van der Waals surface area contributed by atoms with Crippen molar-refractivity contribution >= 4 is 5.69 Å². The van der Waals surface area contributed by atoms with Gasteiger partial charge in [0.15, 0.2) is 0 Å². The van der Waals surface area contributed by atoms with Gasteiger partial charge in [0.2, 0.25) is 0 Å². The largest absolute Gasteiger partial charge is 0.416 e. The lowest BCUT2D eigenvalue weighted by Gasteiger charge is -2.23. The second kappa shape index (κ2) is 5.77. The Bertz CT molecular complexity index is 619. The molecule has 0 aliphatic rings. The quantitative estimate of drug-likeness (QED) is 0.943. The monoisotopic (exact) mass is 298 g/mol. The average Bonchev–Trinajstić information content (AvgIpc) is 2.82. The molecule has 0 saturated carbocycles. The van der Waals surface area contributed by atoms with Crippen molar-refractivity contribution in [3.05, 3.63) is 47.5 Å². The van der Waals surface area contributed by atoms with Crippen LogP contribution in [0.4, 0.5) is 18.9 Å². The number of imidazole rings is 1. The average molecular weight is 298 g/mol. The van der Waals surface area contributed by atoms with Gasteiger partial charge in [-0.1, -0.05) is 0 Å². The highest BCUT2D eigenvalue weighted by molar-refractivity contribution is 5.55. The summed E-state index contributed by atoms with van der Waals surface area (Å²) in [5, 5.41) is 0. The van der Waals surface area contributed by atoms with Crippen molar-refractivity contribution in [2.75, 3.05) is 11.9 Å². The Balaban J connectivity index is 2.29. The van der Waals surface area contributed by atoms with Crippen LogP contribution in [0, 0.1) is 0 Å². The molecule has 0 bridgehead atoms. The number of nitrogens with zero attached hydrogens (tertiary/aromatic N) is 3. The molecule has 0 unspecified atom stereocenters. The first-order valence-corrected chi connectivity index (χ1v) is 6.40. The lowest BCUT2D eigenvalue weighted by molar-refractivity contribution is -0.137. The van der Waals surface area contributed by atoms with Crippen LogP contribution in [0.1, 0.15) is 17.0 Å². The Kier molecular flexibility index (Phi) is 4.22. The summed E-state index contributed by atoms with van der Waals surface area (Å²) in [5.41, 5.74) is 6.04. The minimum atomic E-state index is -4.36. The Hall–Kier alpha value is -2.02. The van der Waals surface area contributed by atoms with Gasteiger partial charge in [-0.3, -0.25) is 0 Å². The summed E-state index contributed by atoms with van der Waals surface area (Å²) in [4.78, 5) is 6.04. The SMILES string of the molecule is CN(Cc1nccn1C)c1ccc(C(F)(F)F)cc1CN. The van der Waals surface area contributed by atoms with Crippen LogP contribution in [0.5, 0.6) is 0 Å². The summed E-state index contributed by atoms with van der Waals surface area (Å²) in [6.07, 6.45) is -0.861. The number of alkyl halides is 3. The molecule has 21 heavy (non-hydrogen) atoms. The minimum absolute atomic E-state index is 0.0458. The number of halogens is 3. The van der Waals surface area contributed by atoms with Crippen LogP contribution >= 0.6 is 0 Å². The van der Waals surface area contributed by atoms with Crippen LogP contribution in [0.15, 0.2) is 30.6 Å². The zero-order valence-electron chi connectivity index (χ0n) is 11.9. The topological polar surface area (TPSA) is 47.1 Å². The van der Waals surface area contributed by atoms with E-state index in [0.717, 1.165) is 18.0 Å². The molecule has 114 valence electrons. The maximum atomic E-state index is 12.7. The summed E-state index contributed by atoms with van der Waals surface area (Å²) in [7, 11) is 3.67. The molecule has 0 saturated heterocycles. The zero-order valence-corrected chi connectivity index (χ0v) is 11.9. The fourth-order valence-corrected chi connectivity index (χ4v) is 2.14. The van der Waals surface area contributed by atoms with Crippen LogP contribution in [0.25, 0.3) is 0 Å². The summed E-state index contributed by atoms with van der Waals surface area (Å²) in [5.74, 6) is 0.820. The van der Waals surface area contributed by atoms with Crippen molar-refractivity contribution in [2.24, 2.45) is 12.8 Å². The van der Waals surface area contributed by atoms with E-state index in [-0.39, 0.29) is 6.54 Å². The molecule has 0 fully saturated rings. The third-order valence-electron chi connectivity index (χ3n) is 3.34. The normalized spacial score (nSPS) is 11.7. The van der Waals surface area contributed by atoms with Crippen molar-refractivity contribution in [1.29, 1.82) is 0 Å². The molecule has 0 aliphatic carbocycles. The van der Waals surface area contributed by atoms with Crippen LogP contribution in [0.2, 0.25) is 0 Å². The van der Waals surface area contributed by atoms with E-state index in [1.165, 1.54) is 6.07 Å². The summed E-state index contributed by atoms with van der Waals surface area (Å²) < 4.78 is 40.0. The van der Waals surface area contributed by atoms with E-state index in [2.05, 4.69) is 4.98 Å². The van der Waals surface area contributed by atoms with Crippen LogP contribution in [-0.4, -0.2) is 16.6 Å². The lowest BCUT2D eigenvalue weighted by atomic mass is 10.1. The van der Waals surface area contributed by atoms with Crippen molar-refractivity contribution < 1.29 is 13.2 Å². The van der Waals surface area contributed by atoms with E-state index in [1.54, 1.807) is 13.2 Å². The Morgan fingerprint density at radius 2 is 2.05 bits per heavy atom. The molecule has 0 spiro atoms. The van der Waals surface area contributed by atoms with Gasteiger partial charge < -0.3 is 15.2 Å². The van der Waals surface area contributed by atoms with Crippen LogP contribution in [-0.2, 0) is 26.3 Å². The second-order valence-corrected chi connectivity index (χ2v) is 4.86. The smallest absolute Gasteiger partial charge is 0.367 e. The number of aryl methyl sites for hydroxylation is 1. The molecule has 2 N–H and O–H groups in total. The standard InChI is InChI=1S/C14H17F3N4/c1-20-6-5-19-13(20)9-21(2)12-4-3-11(14(15,16)17)7-10(12)8-18/h3-7H,8-9,18H2,1-2H3. The first-order chi connectivity index (χ1) is 9.82. The van der Waals surface area contributed by atoms with Gasteiger partial charge in [-0.05, 0) is 23.8 Å². The molecule has 7 heteroatoms. The molecule has 0 atom stereocenters. The minimum Gasteiger partial charge on any atom is -0.367 e. The van der Waals surface area contributed by atoms with Crippen molar-refractivity contribution in [2.45, 2.75) is 19.3 Å². The Labute approximate surface area is 121 Å². The number of rotatable bonds is 4. The molecule has 1 aromatic carbocycles. The van der Waals surface area contributed by atoms with Crippen molar-refractivity contribution in [3.63, 3.8) is 0 Å². The Morgan fingerprint density at radius 3 is 2.57 bits per heavy atom. The highest BCUT2D eigenvalue weighted by atomic mass is 19.4. The van der Waals surface area contributed by atoms with E-state index >= 15 is 0 Å². The van der Waals surface area contributed by atoms with Gasteiger partial charge in [-0.15, -0.1) is 0 Å². The van der Waals surface area contributed by atoms with E-state index in [0.29, 0.717) is 17.8 Å². The maximum absolute atomic E-state index is 12.7. The predicted molar refractivity (Wildman–Crippen MR) is 74.7 cm³/mol. The molecule has 0 amide bonds. The highest BCUT2D eigenvalue weighted by Crippen LogP contribution is 2.32. The highest BCUT2D eigenvalue weighted by Gasteiger charge is 2.31. The zero-order chi connectivity index (χ0) is 15.6. The van der Waals surface area contributed by atoms with E-state index in [4.69, 9.17) is 5.73 Å². The first-order valence-electron chi connectivity index (χ1n) is 6.40. The molecule has 1 aromatic heterocycles. The van der Waals surface area contributed by atoms with Crippen molar-refractivity contribution in [3.8, 4) is 0 Å². The fourth-order valence-electron chi connectivity index (χ4n) is 2.14. The van der Waals surface area contributed by atoms with E-state index in [1.807, 2.05) is 22.7 Å².